The molecule has 194 valence electrons. The van der Waals surface area contributed by atoms with Crippen LogP contribution in [-0.2, 0) is 6.54 Å². The largest absolute Gasteiger partial charge is 0.411 e. The number of hydrogen-bond donors (Lipinski definition) is 2. The molecule has 2 amide bonds. The monoisotopic (exact) mass is 558 g/mol. The number of urea groups is 1. The zero-order chi connectivity index (χ0) is 26.7. The summed E-state index contributed by atoms with van der Waals surface area (Å²) in [6.45, 7) is 4.21. The average molecular weight is 560 g/mol. The van der Waals surface area contributed by atoms with Gasteiger partial charge in [0.05, 0.1) is 33.7 Å². The molecule has 1 saturated carbocycles. The summed E-state index contributed by atoms with van der Waals surface area (Å²) in [6, 6.07) is 16.5. The molecule has 1 fully saturated rings. The second-order valence-electron chi connectivity index (χ2n) is 8.80. The molecule has 2 aliphatic rings. The Morgan fingerprint density at radius 2 is 1.54 bits per heavy atom. The van der Waals surface area contributed by atoms with E-state index in [0.717, 1.165) is 58.7 Å². The van der Waals surface area contributed by atoms with Gasteiger partial charge in [-0.3, -0.25) is 9.91 Å². The highest BCUT2D eigenvalue weighted by molar-refractivity contribution is 6.40. The standard InChI is InChI=1S/C26H23Cl3N4O2.C2H6/c27-21-5-2-1-4-18(21)19-12-16(15-8-10-17(31-35)11-9-15)13-24-20(19)14-32(30)26(34)33(24)25-22(28)6-3-7-23(25)29;1-2/h1-7,12-13,15,35H,8-11,14,30H2;1-2H3. The van der Waals surface area contributed by atoms with Crippen LogP contribution in [0.25, 0.3) is 11.1 Å². The number of halogens is 3. The molecule has 9 heteroatoms. The van der Waals surface area contributed by atoms with Crippen molar-refractivity contribution >= 4 is 57.9 Å². The van der Waals surface area contributed by atoms with Crippen LogP contribution in [0.4, 0.5) is 16.2 Å². The number of para-hydroxylation sites is 1. The van der Waals surface area contributed by atoms with Gasteiger partial charge in [0, 0.05) is 16.1 Å². The lowest BCUT2D eigenvalue weighted by molar-refractivity contribution is 0.203. The minimum atomic E-state index is -0.423. The molecule has 0 bridgehead atoms. The van der Waals surface area contributed by atoms with Crippen LogP contribution < -0.4 is 10.7 Å². The third-order valence-electron chi connectivity index (χ3n) is 6.76. The Bertz CT molecular complexity index is 1310. The molecule has 1 aliphatic carbocycles. The zero-order valence-electron chi connectivity index (χ0n) is 20.7. The molecule has 1 heterocycles. The van der Waals surface area contributed by atoms with E-state index in [-0.39, 0.29) is 12.5 Å². The summed E-state index contributed by atoms with van der Waals surface area (Å²) < 4.78 is 0. The van der Waals surface area contributed by atoms with Crippen LogP contribution in [0.15, 0.2) is 59.8 Å². The fourth-order valence-electron chi connectivity index (χ4n) is 4.97. The van der Waals surface area contributed by atoms with E-state index in [0.29, 0.717) is 26.4 Å². The van der Waals surface area contributed by atoms with E-state index in [9.17, 15) is 10.0 Å². The number of nitrogens with two attached hydrogens (primary N) is 1. The number of rotatable bonds is 3. The van der Waals surface area contributed by atoms with Crippen molar-refractivity contribution in [2.45, 2.75) is 52.0 Å². The van der Waals surface area contributed by atoms with E-state index in [1.807, 2.05) is 44.2 Å². The van der Waals surface area contributed by atoms with Crippen molar-refractivity contribution in [2.75, 3.05) is 4.90 Å². The fraction of sp³-hybridized carbons (Fsp3) is 0.286. The highest BCUT2D eigenvalue weighted by Crippen LogP contribution is 2.47. The topological polar surface area (TPSA) is 82.2 Å². The minimum absolute atomic E-state index is 0.208. The van der Waals surface area contributed by atoms with Crippen LogP contribution in [0.2, 0.25) is 15.1 Å². The first-order valence-electron chi connectivity index (χ1n) is 12.3. The molecule has 0 aromatic heterocycles. The number of carbonyl (C=O) groups excluding carboxylic acids is 1. The van der Waals surface area contributed by atoms with Crippen LogP contribution in [0.5, 0.6) is 0 Å². The highest BCUT2D eigenvalue weighted by atomic mass is 35.5. The summed E-state index contributed by atoms with van der Waals surface area (Å²) in [5.41, 5.74) is 5.56. The van der Waals surface area contributed by atoms with Crippen molar-refractivity contribution in [3.63, 3.8) is 0 Å². The van der Waals surface area contributed by atoms with E-state index in [1.54, 1.807) is 18.2 Å². The van der Waals surface area contributed by atoms with Gasteiger partial charge in [0.15, 0.2) is 0 Å². The van der Waals surface area contributed by atoms with Crippen LogP contribution in [0.3, 0.4) is 0 Å². The van der Waals surface area contributed by atoms with Gasteiger partial charge in [0.2, 0.25) is 0 Å². The van der Waals surface area contributed by atoms with Gasteiger partial charge in [0.25, 0.3) is 0 Å². The van der Waals surface area contributed by atoms with Gasteiger partial charge in [-0.05, 0) is 67.0 Å². The molecule has 3 aromatic carbocycles. The molecule has 0 unspecified atom stereocenters. The molecule has 0 spiro atoms. The average Bonchev–Trinajstić information content (AvgIpc) is 2.92. The van der Waals surface area contributed by atoms with Crippen molar-refractivity contribution in [1.82, 2.24) is 5.01 Å². The Kier molecular flexibility index (Phi) is 8.65. The number of carbonyl (C=O) groups is 1. The molecule has 3 aromatic rings. The second kappa shape index (κ2) is 11.7. The molecule has 3 N–H and O–H groups in total. The van der Waals surface area contributed by atoms with Crippen molar-refractivity contribution in [1.29, 1.82) is 0 Å². The summed E-state index contributed by atoms with van der Waals surface area (Å²) in [4.78, 5) is 14.9. The van der Waals surface area contributed by atoms with Crippen LogP contribution in [-0.4, -0.2) is 22.0 Å². The van der Waals surface area contributed by atoms with Gasteiger partial charge in [-0.25, -0.2) is 10.6 Å². The quantitative estimate of drug-likeness (QED) is 0.146. The summed E-state index contributed by atoms with van der Waals surface area (Å²) in [6.07, 6.45) is 3.11. The summed E-state index contributed by atoms with van der Waals surface area (Å²) in [5.74, 6) is 6.43. The van der Waals surface area contributed by atoms with Gasteiger partial charge in [0.1, 0.15) is 0 Å². The SMILES string of the molecule is CC.NN1Cc2c(-c3ccccc3Cl)cc(C3CCC(=NO)CC3)cc2N(c2c(Cl)cccc2Cl)C1=O. The Morgan fingerprint density at radius 3 is 2.16 bits per heavy atom. The lowest BCUT2D eigenvalue weighted by atomic mass is 9.81. The number of anilines is 2. The molecule has 6 nitrogen and oxygen atoms in total. The maximum absolute atomic E-state index is 13.4. The minimum Gasteiger partial charge on any atom is -0.411 e. The van der Waals surface area contributed by atoms with Crippen molar-refractivity contribution < 1.29 is 10.0 Å². The summed E-state index contributed by atoms with van der Waals surface area (Å²) in [5, 5.41) is 15.0. The number of fused-ring (bicyclic) bond motifs is 1. The normalized spacial score (nSPS) is 17.2. The van der Waals surface area contributed by atoms with Crippen molar-refractivity contribution in [2.24, 2.45) is 11.0 Å². The van der Waals surface area contributed by atoms with Gasteiger partial charge < -0.3 is 5.21 Å². The smallest absolute Gasteiger partial charge is 0.343 e. The Morgan fingerprint density at radius 1 is 0.919 bits per heavy atom. The first-order valence-corrected chi connectivity index (χ1v) is 13.4. The molecule has 0 atom stereocenters. The predicted octanol–water partition coefficient (Wildman–Crippen LogP) is 8.78. The number of hydrogen-bond acceptors (Lipinski definition) is 4. The lowest BCUT2D eigenvalue weighted by Gasteiger charge is -2.37. The number of benzene rings is 3. The summed E-state index contributed by atoms with van der Waals surface area (Å²) in [7, 11) is 0. The number of hydrazine groups is 1. The number of oxime groups is 1. The van der Waals surface area contributed by atoms with E-state index in [4.69, 9.17) is 40.6 Å². The van der Waals surface area contributed by atoms with Crippen LogP contribution in [0, 0.1) is 0 Å². The van der Waals surface area contributed by atoms with E-state index < -0.39 is 6.03 Å². The van der Waals surface area contributed by atoms with E-state index in [2.05, 4.69) is 11.2 Å². The van der Waals surface area contributed by atoms with Gasteiger partial charge in [-0.15, -0.1) is 0 Å². The van der Waals surface area contributed by atoms with Crippen molar-refractivity contribution in [3.8, 4) is 11.1 Å². The fourth-order valence-corrected chi connectivity index (χ4v) is 5.78. The predicted molar refractivity (Wildman–Crippen MR) is 152 cm³/mol. The summed E-state index contributed by atoms with van der Waals surface area (Å²) >= 11 is 19.7. The third-order valence-corrected chi connectivity index (χ3v) is 7.70. The molecular formula is C28H29Cl3N4O2. The van der Waals surface area contributed by atoms with Gasteiger partial charge in [-0.1, -0.05) is 84.1 Å². The Labute approximate surface area is 232 Å². The second-order valence-corrected chi connectivity index (χ2v) is 10.0. The maximum atomic E-state index is 13.4. The molecular weight excluding hydrogens is 531 g/mol. The molecule has 37 heavy (non-hydrogen) atoms. The molecule has 0 radical (unpaired) electrons. The number of amides is 2. The highest BCUT2D eigenvalue weighted by Gasteiger charge is 2.35. The van der Waals surface area contributed by atoms with Crippen LogP contribution >= 0.6 is 34.8 Å². The van der Waals surface area contributed by atoms with Gasteiger partial charge in [-0.2, -0.15) is 0 Å². The maximum Gasteiger partial charge on any atom is 0.343 e. The first-order chi connectivity index (χ1) is 17.9. The Balaban J connectivity index is 0.00000156. The van der Waals surface area contributed by atoms with E-state index >= 15 is 0 Å². The lowest BCUT2D eigenvalue weighted by Crippen LogP contribution is -2.48. The molecule has 5 rings (SSSR count). The Hall–Kier alpha value is -2.77. The first kappa shape index (κ1) is 27.3. The number of nitrogens with zero attached hydrogens (tertiary/aromatic N) is 3. The van der Waals surface area contributed by atoms with Crippen molar-refractivity contribution in [3.05, 3.63) is 80.8 Å². The van der Waals surface area contributed by atoms with Gasteiger partial charge >= 0.3 is 6.03 Å². The zero-order valence-corrected chi connectivity index (χ0v) is 23.0. The van der Waals surface area contributed by atoms with Crippen LogP contribution in [0.1, 0.15) is 56.6 Å². The third kappa shape index (κ3) is 5.30. The molecule has 1 aliphatic heterocycles. The van der Waals surface area contributed by atoms with E-state index in [1.165, 1.54) is 4.90 Å². The molecule has 0 saturated heterocycles.